The molecule has 0 unspecified atom stereocenters. The molecule has 0 aliphatic heterocycles. The molecule has 0 amide bonds. The molecule has 72 valence electrons. The number of rotatable bonds is 2. The zero-order chi connectivity index (χ0) is 10.7. The third-order valence-electron chi connectivity index (χ3n) is 1.73. The number of carboxylic acids is 1. The Balaban J connectivity index is 3.45. The average Bonchev–Trinajstić information content (AvgIpc) is 2.17. The van der Waals surface area contributed by atoms with Gasteiger partial charge in [-0.2, -0.15) is 5.26 Å². The first-order chi connectivity index (χ1) is 6.61. The first kappa shape index (κ1) is 11.0. The Morgan fingerprint density at radius 1 is 1.64 bits per heavy atom. The van der Waals surface area contributed by atoms with Gasteiger partial charge in [-0.15, -0.1) is 11.6 Å². The third-order valence-corrected chi connectivity index (χ3v) is 2.90. The highest BCUT2D eigenvalue weighted by Crippen LogP contribution is 2.26. The van der Waals surface area contributed by atoms with Crippen molar-refractivity contribution in [2.45, 2.75) is 5.88 Å². The van der Waals surface area contributed by atoms with Crippen LogP contribution in [0.4, 0.5) is 0 Å². The SMILES string of the molecule is N#Cc1ccc(C(=O)O)c(CCl)c1Br. The first-order valence-electron chi connectivity index (χ1n) is 3.62. The predicted octanol–water partition coefficient (Wildman–Crippen LogP) is 2.76. The van der Waals surface area contributed by atoms with E-state index in [2.05, 4.69) is 15.9 Å². The molecular weight excluding hydrogens is 269 g/mol. The third kappa shape index (κ3) is 1.89. The van der Waals surface area contributed by atoms with Crippen molar-refractivity contribution in [2.24, 2.45) is 0 Å². The maximum atomic E-state index is 10.8. The molecule has 1 aromatic rings. The fourth-order valence-corrected chi connectivity index (χ4v) is 2.05. The van der Waals surface area contributed by atoms with Crippen molar-refractivity contribution in [3.8, 4) is 6.07 Å². The van der Waals surface area contributed by atoms with Crippen LogP contribution in [0.1, 0.15) is 21.5 Å². The summed E-state index contributed by atoms with van der Waals surface area (Å²) in [6.07, 6.45) is 0. The van der Waals surface area contributed by atoms with Crippen LogP contribution >= 0.6 is 27.5 Å². The van der Waals surface area contributed by atoms with E-state index in [1.807, 2.05) is 6.07 Å². The molecule has 0 atom stereocenters. The van der Waals surface area contributed by atoms with Gasteiger partial charge >= 0.3 is 5.97 Å². The van der Waals surface area contributed by atoms with E-state index in [1.54, 1.807) is 0 Å². The number of nitrogens with zero attached hydrogens (tertiary/aromatic N) is 1. The van der Waals surface area contributed by atoms with E-state index >= 15 is 0 Å². The number of nitriles is 1. The summed E-state index contributed by atoms with van der Waals surface area (Å²) in [4.78, 5) is 10.8. The van der Waals surface area contributed by atoms with E-state index in [4.69, 9.17) is 22.0 Å². The van der Waals surface area contributed by atoms with Crippen LogP contribution in [0.25, 0.3) is 0 Å². The van der Waals surface area contributed by atoms with Gasteiger partial charge in [0, 0.05) is 10.4 Å². The number of benzene rings is 1. The Hall–Kier alpha value is -1.05. The van der Waals surface area contributed by atoms with Gasteiger partial charge in [0.25, 0.3) is 0 Å². The lowest BCUT2D eigenvalue weighted by Crippen LogP contribution is -2.02. The summed E-state index contributed by atoms with van der Waals surface area (Å²) in [5.41, 5.74) is 0.926. The van der Waals surface area contributed by atoms with Gasteiger partial charge in [0.1, 0.15) is 6.07 Å². The highest BCUT2D eigenvalue weighted by molar-refractivity contribution is 9.10. The molecule has 0 saturated heterocycles. The van der Waals surface area contributed by atoms with Crippen molar-refractivity contribution in [3.05, 3.63) is 33.3 Å². The van der Waals surface area contributed by atoms with Gasteiger partial charge < -0.3 is 5.11 Å². The van der Waals surface area contributed by atoms with Crippen LogP contribution in [-0.4, -0.2) is 11.1 Å². The van der Waals surface area contributed by atoms with E-state index in [1.165, 1.54) is 12.1 Å². The second kappa shape index (κ2) is 4.45. The lowest BCUT2D eigenvalue weighted by atomic mass is 10.1. The second-order valence-electron chi connectivity index (χ2n) is 2.50. The van der Waals surface area contributed by atoms with Crippen LogP contribution in [0.3, 0.4) is 0 Å². The van der Waals surface area contributed by atoms with Crippen molar-refractivity contribution >= 4 is 33.5 Å². The molecule has 1 N–H and O–H groups in total. The van der Waals surface area contributed by atoms with Gasteiger partial charge in [-0.3, -0.25) is 0 Å². The van der Waals surface area contributed by atoms with Gasteiger partial charge in [-0.25, -0.2) is 4.79 Å². The highest BCUT2D eigenvalue weighted by Gasteiger charge is 2.14. The molecule has 1 aromatic carbocycles. The van der Waals surface area contributed by atoms with Crippen LogP contribution in [0.5, 0.6) is 0 Å². The van der Waals surface area contributed by atoms with Crippen LogP contribution in [0.2, 0.25) is 0 Å². The van der Waals surface area contributed by atoms with Gasteiger partial charge in [0.15, 0.2) is 0 Å². The molecule has 14 heavy (non-hydrogen) atoms. The fourth-order valence-electron chi connectivity index (χ4n) is 1.04. The maximum Gasteiger partial charge on any atom is 0.336 e. The number of halogens is 2. The Kier molecular flexibility index (Phi) is 3.50. The van der Waals surface area contributed by atoms with Gasteiger partial charge in [-0.1, -0.05) is 0 Å². The summed E-state index contributed by atoms with van der Waals surface area (Å²) < 4.78 is 0.454. The Morgan fingerprint density at radius 2 is 2.29 bits per heavy atom. The maximum absolute atomic E-state index is 10.8. The second-order valence-corrected chi connectivity index (χ2v) is 3.56. The zero-order valence-corrected chi connectivity index (χ0v) is 9.26. The Morgan fingerprint density at radius 3 is 2.71 bits per heavy atom. The minimum Gasteiger partial charge on any atom is -0.478 e. The van der Waals surface area contributed by atoms with E-state index in [9.17, 15) is 4.79 Å². The normalized spacial score (nSPS) is 9.50. The quantitative estimate of drug-likeness (QED) is 0.844. The summed E-state index contributed by atoms with van der Waals surface area (Å²) in [7, 11) is 0. The average molecular weight is 275 g/mol. The van der Waals surface area contributed by atoms with Gasteiger partial charge in [0.05, 0.1) is 11.1 Å². The summed E-state index contributed by atoms with van der Waals surface area (Å²) in [5, 5.41) is 17.5. The molecule has 0 aliphatic carbocycles. The van der Waals surface area contributed by atoms with E-state index < -0.39 is 5.97 Å². The minimum atomic E-state index is -1.05. The molecule has 1 rings (SSSR count). The largest absolute Gasteiger partial charge is 0.478 e. The lowest BCUT2D eigenvalue weighted by molar-refractivity contribution is 0.0696. The van der Waals surface area contributed by atoms with Crippen molar-refractivity contribution in [1.29, 1.82) is 5.26 Å². The van der Waals surface area contributed by atoms with E-state index in [0.29, 0.717) is 15.6 Å². The topological polar surface area (TPSA) is 61.1 Å². The number of aromatic carboxylic acids is 1. The van der Waals surface area contributed by atoms with E-state index in [-0.39, 0.29) is 11.4 Å². The number of hydrogen-bond donors (Lipinski definition) is 1. The first-order valence-corrected chi connectivity index (χ1v) is 4.95. The molecule has 0 spiro atoms. The molecule has 3 nitrogen and oxygen atoms in total. The minimum absolute atomic E-state index is 0.0533. The molecule has 0 bridgehead atoms. The van der Waals surface area contributed by atoms with Crippen LogP contribution < -0.4 is 0 Å². The van der Waals surface area contributed by atoms with Gasteiger partial charge in [0.2, 0.25) is 0 Å². The highest BCUT2D eigenvalue weighted by atomic mass is 79.9. The standard InChI is InChI=1S/C9H5BrClNO2/c10-8-5(4-12)1-2-6(9(13)14)7(8)3-11/h1-2H,3H2,(H,13,14). The molecule has 0 aliphatic rings. The Bertz CT molecular complexity index is 426. The molecule has 5 heteroatoms. The van der Waals surface area contributed by atoms with Crippen LogP contribution in [-0.2, 0) is 5.88 Å². The summed E-state index contributed by atoms with van der Waals surface area (Å²) in [6.45, 7) is 0. The molecule has 0 radical (unpaired) electrons. The Labute approximate surface area is 94.0 Å². The van der Waals surface area contributed by atoms with Crippen molar-refractivity contribution in [2.75, 3.05) is 0 Å². The van der Waals surface area contributed by atoms with Crippen LogP contribution in [0, 0.1) is 11.3 Å². The number of hydrogen-bond acceptors (Lipinski definition) is 2. The summed E-state index contributed by atoms with van der Waals surface area (Å²) in [6, 6.07) is 4.76. The summed E-state index contributed by atoms with van der Waals surface area (Å²) >= 11 is 8.76. The summed E-state index contributed by atoms with van der Waals surface area (Å²) in [5.74, 6) is -0.997. The fraction of sp³-hybridized carbons (Fsp3) is 0.111. The smallest absolute Gasteiger partial charge is 0.336 e. The molecule has 0 fully saturated rings. The molecule has 0 saturated carbocycles. The number of alkyl halides is 1. The van der Waals surface area contributed by atoms with Gasteiger partial charge in [-0.05, 0) is 33.6 Å². The van der Waals surface area contributed by atoms with Crippen molar-refractivity contribution < 1.29 is 9.90 Å². The van der Waals surface area contributed by atoms with Crippen LogP contribution in [0.15, 0.2) is 16.6 Å². The van der Waals surface area contributed by atoms with E-state index in [0.717, 1.165) is 0 Å². The lowest BCUT2D eigenvalue weighted by Gasteiger charge is -2.06. The zero-order valence-electron chi connectivity index (χ0n) is 6.92. The molecule has 0 aromatic heterocycles. The monoisotopic (exact) mass is 273 g/mol. The number of carbonyl (C=O) groups is 1. The predicted molar refractivity (Wildman–Crippen MR) is 55.4 cm³/mol. The number of carboxylic acid groups (broad SMARTS) is 1. The van der Waals surface area contributed by atoms with Crippen molar-refractivity contribution in [1.82, 2.24) is 0 Å². The van der Waals surface area contributed by atoms with Crippen molar-refractivity contribution in [3.63, 3.8) is 0 Å². The molecule has 0 heterocycles. The molecular formula is C9H5BrClNO2.